The van der Waals surface area contributed by atoms with Crippen molar-refractivity contribution in [2.24, 2.45) is 0 Å². The van der Waals surface area contributed by atoms with Crippen molar-refractivity contribution in [2.75, 3.05) is 24.7 Å². The molecule has 0 heterocycles. The van der Waals surface area contributed by atoms with E-state index >= 15 is 0 Å². The lowest BCUT2D eigenvalue weighted by Gasteiger charge is -2.11. The SMILES string of the molecule is CSCc1cccc(C(=O)NCCNc2ccc(C(F)(F)F)cc2[N+](=O)[O-])c1. The van der Waals surface area contributed by atoms with E-state index in [2.05, 4.69) is 10.6 Å². The molecule has 0 saturated carbocycles. The van der Waals surface area contributed by atoms with E-state index in [-0.39, 0.29) is 24.7 Å². The van der Waals surface area contributed by atoms with Gasteiger partial charge in [-0.25, -0.2) is 0 Å². The summed E-state index contributed by atoms with van der Waals surface area (Å²) >= 11 is 1.63. The lowest BCUT2D eigenvalue weighted by molar-refractivity contribution is -0.384. The van der Waals surface area contributed by atoms with Crippen molar-refractivity contribution in [1.82, 2.24) is 5.32 Å². The average molecular weight is 413 g/mol. The molecular formula is C18H18F3N3O3S. The summed E-state index contributed by atoms with van der Waals surface area (Å²) in [6.45, 7) is 0.256. The summed E-state index contributed by atoms with van der Waals surface area (Å²) in [5.74, 6) is 0.479. The molecule has 2 aromatic rings. The maximum absolute atomic E-state index is 12.7. The molecule has 1 amide bonds. The molecule has 0 atom stereocenters. The fourth-order valence-corrected chi connectivity index (χ4v) is 2.97. The first-order valence-corrected chi connectivity index (χ1v) is 9.57. The van der Waals surface area contributed by atoms with Crippen molar-refractivity contribution in [3.05, 3.63) is 69.3 Å². The Morgan fingerprint density at radius 3 is 2.57 bits per heavy atom. The molecule has 0 aliphatic rings. The fraction of sp³-hybridized carbons (Fsp3) is 0.278. The van der Waals surface area contributed by atoms with Gasteiger partial charge in [-0.15, -0.1) is 0 Å². The molecule has 0 aliphatic carbocycles. The average Bonchev–Trinajstić information content (AvgIpc) is 2.64. The van der Waals surface area contributed by atoms with E-state index in [0.717, 1.165) is 23.4 Å². The van der Waals surface area contributed by atoms with E-state index in [9.17, 15) is 28.1 Å². The topological polar surface area (TPSA) is 84.3 Å². The largest absolute Gasteiger partial charge is 0.416 e. The van der Waals surface area contributed by atoms with E-state index in [1.165, 1.54) is 0 Å². The van der Waals surface area contributed by atoms with Gasteiger partial charge >= 0.3 is 6.18 Å². The highest BCUT2D eigenvalue weighted by Gasteiger charge is 2.32. The molecule has 0 fully saturated rings. The number of alkyl halides is 3. The number of amides is 1. The number of nitro benzene ring substituents is 1. The third-order valence-corrected chi connectivity index (χ3v) is 4.37. The highest BCUT2D eigenvalue weighted by molar-refractivity contribution is 7.97. The van der Waals surface area contributed by atoms with Gasteiger partial charge in [-0.2, -0.15) is 24.9 Å². The number of hydrogen-bond acceptors (Lipinski definition) is 5. The van der Waals surface area contributed by atoms with Crippen LogP contribution in [-0.2, 0) is 11.9 Å². The Hall–Kier alpha value is -2.75. The van der Waals surface area contributed by atoms with Crippen LogP contribution in [0, 0.1) is 10.1 Å². The maximum Gasteiger partial charge on any atom is 0.416 e. The quantitative estimate of drug-likeness (QED) is 0.383. The van der Waals surface area contributed by atoms with Crippen LogP contribution in [0.15, 0.2) is 42.5 Å². The van der Waals surface area contributed by atoms with Gasteiger partial charge in [-0.1, -0.05) is 12.1 Å². The zero-order chi connectivity index (χ0) is 20.7. The summed E-state index contributed by atoms with van der Waals surface area (Å²) in [6.07, 6.45) is -2.71. The van der Waals surface area contributed by atoms with Crippen LogP contribution < -0.4 is 10.6 Å². The van der Waals surface area contributed by atoms with Crippen LogP contribution in [0.1, 0.15) is 21.5 Å². The second-order valence-electron chi connectivity index (χ2n) is 5.80. The van der Waals surface area contributed by atoms with Crippen molar-refractivity contribution in [3.8, 4) is 0 Å². The summed E-state index contributed by atoms with van der Waals surface area (Å²) in [6, 6.07) is 9.41. The van der Waals surface area contributed by atoms with Crippen molar-refractivity contribution in [3.63, 3.8) is 0 Å². The van der Waals surface area contributed by atoms with Gasteiger partial charge < -0.3 is 10.6 Å². The number of thioether (sulfide) groups is 1. The van der Waals surface area contributed by atoms with E-state index in [0.29, 0.717) is 11.6 Å². The molecular weight excluding hydrogens is 395 g/mol. The molecule has 2 aromatic carbocycles. The van der Waals surface area contributed by atoms with E-state index in [1.54, 1.807) is 30.0 Å². The Kier molecular flexibility index (Phi) is 7.27. The number of rotatable bonds is 8. The van der Waals surface area contributed by atoms with Crippen LogP contribution in [0.4, 0.5) is 24.5 Å². The van der Waals surface area contributed by atoms with E-state index in [1.807, 2.05) is 12.3 Å². The molecule has 28 heavy (non-hydrogen) atoms. The van der Waals surface area contributed by atoms with Gasteiger partial charge in [0.15, 0.2) is 0 Å². The first-order chi connectivity index (χ1) is 13.2. The molecule has 0 radical (unpaired) electrons. The predicted octanol–water partition coefficient (Wildman–Crippen LogP) is 4.32. The lowest BCUT2D eigenvalue weighted by Crippen LogP contribution is -2.28. The van der Waals surface area contributed by atoms with Gasteiger partial charge in [0.1, 0.15) is 5.69 Å². The predicted molar refractivity (Wildman–Crippen MR) is 103 cm³/mol. The minimum Gasteiger partial charge on any atom is -0.378 e. The van der Waals surface area contributed by atoms with Gasteiger partial charge in [0.25, 0.3) is 11.6 Å². The smallest absolute Gasteiger partial charge is 0.378 e. The zero-order valence-corrected chi connectivity index (χ0v) is 15.7. The first-order valence-electron chi connectivity index (χ1n) is 8.18. The third-order valence-electron chi connectivity index (χ3n) is 3.75. The number of anilines is 1. The van der Waals surface area contributed by atoms with Gasteiger partial charge in [0.05, 0.1) is 10.5 Å². The zero-order valence-electron chi connectivity index (χ0n) is 14.9. The Balaban J connectivity index is 1.95. The molecule has 6 nitrogen and oxygen atoms in total. The Morgan fingerprint density at radius 1 is 1.18 bits per heavy atom. The molecule has 0 aromatic heterocycles. The van der Waals surface area contributed by atoms with Crippen molar-refractivity contribution < 1.29 is 22.9 Å². The van der Waals surface area contributed by atoms with Gasteiger partial charge in [-0.05, 0) is 36.1 Å². The highest BCUT2D eigenvalue weighted by atomic mass is 32.2. The number of hydrogen-bond donors (Lipinski definition) is 2. The van der Waals surface area contributed by atoms with E-state index in [4.69, 9.17) is 0 Å². The number of nitro groups is 1. The van der Waals surface area contributed by atoms with Crippen molar-refractivity contribution in [2.45, 2.75) is 11.9 Å². The second kappa shape index (κ2) is 9.45. The summed E-state index contributed by atoms with van der Waals surface area (Å²) in [5.41, 5.74) is -0.311. The maximum atomic E-state index is 12.7. The molecule has 0 bridgehead atoms. The number of carbonyl (C=O) groups is 1. The number of halogens is 3. The number of carbonyl (C=O) groups excluding carboxylic acids is 1. The highest BCUT2D eigenvalue weighted by Crippen LogP contribution is 2.34. The first kappa shape index (κ1) is 21.5. The molecule has 10 heteroatoms. The molecule has 0 spiro atoms. The minimum absolute atomic E-state index is 0.0470. The van der Waals surface area contributed by atoms with Gasteiger partial charge in [-0.3, -0.25) is 14.9 Å². The molecule has 0 unspecified atom stereocenters. The molecule has 2 rings (SSSR count). The fourth-order valence-electron chi connectivity index (χ4n) is 2.45. The molecule has 150 valence electrons. The number of nitrogens with zero attached hydrogens (tertiary/aromatic N) is 1. The second-order valence-corrected chi connectivity index (χ2v) is 6.67. The van der Waals surface area contributed by atoms with Gasteiger partial charge in [0.2, 0.25) is 0 Å². The lowest BCUT2D eigenvalue weighted by atomic mass is 10.1. The summed E-state index contributed by atoms with van der Waals surface area (Å²) in [4.78, 5) is 22.3. The Labute approximate surface area is 163 Å². The third kappa shape index (κ3) is 5.88. The van der Waals surface area contributed by atoms with Crippen LogP contribution in [0.3, 0.4) is 0 Å². The monoisotopic (exact) mass is 413 g/mol. The molecule has 2 N–H and O–H groups in total. The van der Waals surface area contributed by atoms with Crippen molar-refractivity contribution >= 4 is 29.0 Å². The van der Waals surface area contributed by atoms with Crippen molar-refractivity contribution in [1.29, 1.82) is 0 Å². The Bertz CT molecular complexity index is 859. The summed E-state index contributed by atoms with van der Waals surface area (Å²) in [5, 5.41) is 16.4. The summed E-state index contributed by atoms with van der Waals surface area (Å²) in [7, 11) is 0. The minimum atomic E-state index is -4.66. The van der Waals surface area contributed by atoms with E-state index < -0.39 is 22.4 Å². The number of benzene rings is 2. The Morgan fingerprint density at radius 2 is 1.93 bits per heavy atom. The van der Waals surface area contributed by atoms with Gasteiger partial charge in [0, 0.05) is 30.5 Å². The standard InChI is InChI=1S/C18H18F3N3O3S/c1-28-11-12-3-2-4-13(9-12)17(25)23-8-7-22-15-6-5-14(18(19,20)21)10-16(15)24(26)27/h2-6,9-10,22H,7-8,11H2,1H3,(H,23,25). The van der Waals surface area contributed by atoms with Crippen LogP contribution in [0.2, 0.25) is 0 Å². The van der Waals surface area contributed by atoms with Crippen LogP contribution >= 0.6 is 11.8 Å². The van der Waals surface area contributed by atoms with Crippen LogP contribution in [0.25, 0.3) is 0 Å². The molecule has 0 aliphatic heterocycles. The summed E-state index contributed by atoms with van der Waals surface area (Å²) < 4.78 is 38.1. The van der Waals surface area contributed by atoms with Crippen LogP contribution in [-0.4, -0.2) is 30.2 Å². The molecule has 0 saturated heterocycles. The normalized spacial score (nSPS) is 11.1. The number of nitrogens with one attached hydrogen (secondary N) is 2. The van der Waals surface area contributed by atoms with Crippen LogP contribution in [0.5, 0.6) is 0 Å².